The van der Waals surface area contributed by atoms with Gasteiger partial charge in [0.25, 0.3) is 0 Å². The lowest BCUT2D eigenvalue weighted by atomic mass is 10.1. The van der Waals surface area contributed by atoms with Crippen molar-refractivity contribution in [2.75, 3.05) is 13.1 Å². The van der Waals surface area contributed by atoms with Crippen LogP contribution in [0, 0.1) is 0 Å². The van der Waals surface area contributed by atoms with E-state index in [4.69, 9.17) is 11.6 Å². The summed E-state index contributed by atoms with van der Waals surface area (Å²) in [5.41, 5.74) is 0.855. The van der Waals surface area contributed by atoms with E-state index >= 15 is 0 Å². The van der Waals surface area contributed by atoms with E-state index < -0.39 is 6.10 Å². The zero-order valence-electron chi connectivity index (χ0n) is 7.63. The SMILES string of the molecule is CCNCC(O)c1cccc(Cl)c1. The minimum absolute atomic E-state index is 0.473. The summed E-state index contributed by atoms with van der Waals surface area (Å²) in [5.74, 6) is 0. The molecule has 0 saturated carbocycles. The van der Waals surface area contributed by atoms with Crippen LogP contribution >= 0.6 is 11.6 Å². The van der Waals surface area contributed by atoms with Crippen molar-refractivity contribution in [3.05, 3.63) is 34.9 Å². The predicted molar refractivity (Wildman–Crippen MR) is 55.0 cm³/mol. The van der Waals surface area contributed by atoms with E-state index in [1.807, 2.05) is 19.1 Å². The molecule has 0 aliphatic heterocycles. The third-order valence-electron chi connectivity index (χ3n) is 1.82. The van der Waals surface area contributed by atoms with Crippen molar-refractivity contribution in [2.24, 2.45) is 0 Å². The smallest absolute Gasteiger partial charge is 0.0914 e. The van der Waals surface area contributed by atoms with Crippen molar-refractivity contribution < 1.29 is 5.11 Å². The van der Waals surface area contributed by atoms with Crippen LogP contribution in [0.3, 0.4) is 0 Å². The number of aliphatic hydroxyl groups is 1. The van der Waals surface area contributed by atoms with E-state index in [1.54, 1.807) is 12.1 Å². The van der Waals surface area contributed by atoms with Crippen LogP contribution in [0.2, 0.25) is 5.02 Å². The van der Waals surface area contributed by atoms with Gasteiger partial charge in [0.2, 0.25) is 0 Å². The van der Waals surface area contributed by atoms with Crippen LogP contribution in [-0.2, 0) is 0 Å². The van der Waals surface area contributed by atoms with Crippen molar-refractivity contribution >= 4 is 11.6 Å². The van der Waals surface area contributed by atoms with Crippen molar-refractivity contribution in [3.8, 4) is 0 Å². The molecule has 3 heteroatoms. The quantitative estimate of drug-likeness (QED) is 0.778. The molecule has 0 heterocycles. The highest BCUT2D eigenvalue weighted by Crippen LogP contribution is 2.16. The summed E-state index contributed by atoms with van der Waals surface area (Å²) in [6, 6.07) is 7.29. The highest BCUT2D eigenvalue weighted by atomic mass is 35.5. The molecule has 0 radical (unpaired) electrons. The summed E-state index contributed by atoms with van der Waals surface area (Å²) in [6.45, 7) is 3.43. The van der Waals surface area contributed by atoms with Gasteiger partial charge in [-0.1, -0.05) is 30.7 Å². The Morgan fingerprint density at radius 2 is 2.31 bits per heavy atom. The first-order valence-corrected chi connectivity index (χ1v) is 4.76. The fourth-order valence-electron chi connectivity index (χ4n) is 1.11. The number of hydrogen-bond acceptors (Lipinski definition) is 2. The van der Waals surface area contributed by atoms with Gasteiger partial charge in [-0.15, -0.1) is 0 Å². The molecule has 72 valence electrons. The predicted octanol–water partition coefficient (Wildman–Crippen LogP) is 1.98. The molecule has 0 aliphatic rings. The van der Waals surface area contributed by atoms with Gasteiger partial charge in [0, 0.05) is 11.6 Å². The van der Waals surface area contributed by atoms with Crippen molar-refractivity contribution in [2.45, 2.75) is 13.0 Å². The number of aliphatic hydroxyl groups excluding tert-OH is 1. The van der Waals surface area contributed by atoms with E-state index in [0.717, 1.165) is 12.1 Å². The van der Waals surface area contributed by atoms with Crippen molar-refractivity contribution in [1.29, 1.82) is 0 Å². The van der Waals surface area contributed by atoms with Gasteiger partial charge in [-0.2, -0.15) is 0 Å². The van der Waals surface area contributed by atoms with Crippen LogP contribution in [0.1, 0.15) is 18.6 Å². The standard InChI is InChI=1S/C10H14ClNO/c1-2-12-7-10(13)8-4-3-5-9(11)6-8/h3-6,10,12-13H,2,7H2,1H3. The molecule has 1 atom stereocenters. The van der Waals surface area contributed by atoms with Crippen LogP contribution in [0.25, 0.3) is 0 Å². The Bertz CT molecular complexity index is 265. The van der Waals surface area contributed by atoms with Crippen molar-refractivity contribution in [1.82, 2.24) is 5.32 Å². The zero-order valence-corrected chi connectivity index (χ0v) is 8.38. The lowest BCUT2D eigenvalue weighted by Crippen LogP contribution is -2.20. The second-order valence-corrected chi connectivity index (χ2v) is 3.31. The molecule has 0 aliphatic carbocycles. The molecule has 2 N–H and O–H groups in total. The second kappa shape index (κ2) is 5.22. The Balaban J connectivity index is 2.60. The monoisotopic (exact) mass is 199 g/mol. The summed E-state index contributed by atoms with van der Waals surface area (Å²) in [4.78, 5) is 0. The van der Waals surface area contributed by atoms with Crippen LogP contribution in [0.15, 0.2) is 24.3 Å². The summed E-state index contributed by atoms with van der Waals surface area (Å²) < 4.78 is 0. The minimum atomic E-state index is -0.473. The Morgan fingerprint density at radius 1 is 1.54 bits per heavy atom. The number of likely N-dealkylation sites (N-methyl/N-ethyl adjacent to an activating group) is 1. The largest absolute Gasteiger partial charge is 0.387 e. The highest BCUT2D eigenvalue weighted by molar-refractivity contribution is 6.30. The van der Waals surface area contributed by atoms with Gasteiger partial charge in [0.1, 0.15) is 0 Å². The maximum Gasteiger partial charge on any atom is 0.0914 e. The normalized spacial score (nSPS) is 12.8. The third-order valence-corrected chi connectivity index (χ3v) is 2.06. The lowest BCUT2D eigenvalue weighted by molar-refractivity contribution is 0.175. The summed E-state index contributed by atoms with van der Waals surface area (Å²) in [6.07, 6.45) is -0.473. The topological polar surface area (TPSA) is 32.3 Å². The molecule has 1 aromatic rings. The zero-order chi connectivity index (χ0) is 9.68. The van der Waals surface area contributed by atoms with Gasteiger partial charge in [-0.3, -0.25) is 0 Å². The summed E-state index contributed by atoms with van der Waals surface area (Å²) in [5, 5.41) is 13.4. The minimum Gasteiger partial charge on any atom is -0.387 e. The Hall–Kier alpha value is -0.570. The van der Waals surface area contributed by atoms with E-state index in [9.17, 15) is 5.11 Å². The van der Waals surface area contributed by atoms with Crippen LogP contribution < -0.4 is 5.32 Å². The van der Waals surface area contributed by atoms with Gasteiger partial charge in [0.15, 0.2) is 0 Å². The third kappa shape index (κ3) is 3.35. The van der Waals surface area contributed by atoms with Crippen molar-refractivity contribution in [3.63, 3.8) is 0 Å². The molecule has 0 saturated heterocycles. The average Bonchev–Trinajstić information content (AvgIpc) is 2.14. The van der Waals surface area contributed by atoms with Gasteiger partial charge in [-0.25, -0.2) is 0 Å². The van der Waals surface area contributed by atoms with Crippen LogP contribution in [-0.4, -0.2) is 18.2 Å². The van der Waals surface area contributed by atoms with E-state index in [2.05, 4.69) is 5.32 Å². The van der Waals surface area contributed by atoms with E-state index in [1.165, 1.54) is 0 Å². The molecule has 1 rings (SSSR count). The molecule has 1 unspecified atom stereocenters. The molecule has 0 amide bonds. The molecule has 0 aromatic heterocycles. The van der Waals surface area contributed by atoms with Gasteiger partial charge < -0.3 is 10.4 Å². The Kier molecular flexibility index (Phi) is 4.22. The van der Waals surface area contributed by atoms with E-state index in [0.29, 0.717) is 11.6 Å². The maximum atomic E-state index is 9.65. The van der Waals surface area contributed by atoms with Crippen LogP contribution in [0.4, 0.5) is 0 Å². The number of hydrogen-bond donors (Lipinski definition) is 2. The highest BCUT2D eigenvalue weighted by Gasteiger charge is 2.05. The molecule has 0 fully saturated rings. The molecular weight excluding hydrogens is 186 g/mol. The number of benzene rings is 1. The lowest BCUT2D eigenvalue weighted by Gasteiger charge is -2.11. The molecule has 0 bridgehead atoms. The fourth-order valence-corrected chi connectivity index (χ4v) is 1.31. The summed E-state index contributed by atoms with van der Waals surface area (Å²) >= 11 is 5.79. The fraction of sp³-hybridized carbons (Fsp3) is 0.400. The number of halogens is 1. The van der Waals surface area contributed by atoms with Crippen LogP contribution in [0.5, 0.6) is 0 Å². The number of nitrogens with one attached hydrogen (secondary N) is 1. The Labute approximate surface area is 83.5 Å². The molecule has 13 heavy (non-hydrogen) atoms. The number of rotatable bonds is 4. The first-order chi connectivity index (χ1) is 6.24. The van der Waals surface area contributed by atoms with Gasteiger partial charge in [0.05, 0.1) is 6.10 Å². The Morgan fingerprint density at radius 3 is 2.92 bits per heavy atom. The van der Waals surface area contributed by atoms with Gasteiger partial charge >= 0.3 is 0 Å². The maximum absolute atomic E-state index is 9.65. The molecular formula is C10H14ClNO. The molecule has 2 nitrogen and oxygen atoms in total. The van der Waals surface area contributed by atoms with Gasteiger partial charge in [-0.05, 0) is 24.2 Å². The first-order valence-electron chi connectivity index (χ1n) is 4.38. The summed E-state index contributed by atoms with van der Waals surface area (Å²) in [7, 11) is 0. The molecule has 1 aromatic carbocycles. The van der Waals surface area contributed by atoms with E-state index in [-0.39, 0.29) is 0 Å². The second-order valence-electron chi connectivity index (χ2n) is 2.88. The average molecular weight is 200 g/mol. The first kappa shape index (κ1) is 10.5. The molecule has 0 spiro atoms.